The lowest BCUT2D eigenvalue weighted by Gasteiger charge is -2.42. The molecule has 2 aliphatic heterocycles. The number of likely N-dealkylation sites (tertiary alicyclic amines) is 1. The van der Waals surface area contributed by atoms with E-state index in [1.54, 1.807) is 6.20 Å². The molecular weight excluding hydrogens is 478 g/mol. The van der Waals surface area contributed by atoms with Gasteiger partial charge in [-0.05, 0) is 76.1 Å². The summed E-state index contributed by atoms with van der Waals surface area (Å²) in [7, 11) is 0. The lowest BCUT2D eigenvalue weighted by molar-refractivity contribution is -0.111. The van der Waals surface area contributed by atoms with Gasteiger partial charge in [-0.2, -0.15) is 5.10 Å². The molecule has 0 radical (unpaired) electrons. The lowest BCUT2D eigenvalue weighted by Crippen LogP contribution is -2.59. The van der Waals surface area contributed by atoms with Crippen molar-refractivity contribution in [1.29, 1.82) is 0 Å². The van der Waals surface area contributed by atoms with Crippen LogP contribution in [-0.4, -0.2) is 55.5 Å². The largest absolute Gasteiger partial charge is 0.369 e. The van der Waals surface area contributed by atoms with E-state index >= 15 is 0 Å². The minimum absolute atomic E-state index is 0.00106. The van der Waals surface area contributed by atoms with E-state index in [1.807, 2.05) is 21.8 Å². The molecule has 2 amide bonds. The standard InChI is InChI=1S/C29H37N7O2/c1-29(2,3)38-21-17-35(18-21)28(37)34-24-8-5-4-7-19-15-20(10-11-22(19)24)23-12-13-30-27(32-23)33-25-16-31-36-14-6-9-26(25)36/h10-13,15-16,21,24H,4-9,14,17-18H2,1-3H3,(H,34,37)(H,30,32,33). The van der Waals surface area contributed by atoms with Gasteiger partial charge in [-0.3, -0.25) is 4.68 Å². The second kappa shape index (κ2) is 10.0. The Hall–Kier alpha value is -3.46. The van der Waals surface area contributed by atoms with Crippen LogP contribution in [-0.2, 0) is 24.1 Å². The average Bonchev–Trinajstić information content (AvgIpc) is 3.42. The number of carbonyl (C=O) groups excluding carboxylic acids is 1. The van der Waals surface area contributed by atoms with Gasteiger partial charge in [-0.1, -0.05) is 18.6 Å². The number of benzene rings is 1. The molecule has 4 heterocycles. The zero-order valence-electron chi connectivity index (χ0n) is 22.5. The van der Waals surface area contributed by atoms with Crippen molar-refractivity contribution in [3.8, 4) is 11.3 Å². The van der Waals surface area contributed by atoms with Crippen molar-refractivity contribution in [1.82, 2.24) is 30.0 Å². The summed E-state index contributed by atoms with van der Waals surface area (Å²) in [4.78, 5) is 24.1. The third kappa shape index (κ3) is 5.25. The molecule has 9 nitrogen and oxygen atoms in total. The van der Waals surface area contributed by atoms with E-state index < -0.39 is 0 Å². The summed E-state index contributed by atoms with van der Waals surface area (Å²) < 4.78 is 8.04. The third-order valence-corrected chi connectivity index (χ3v) is 7.59. The molecule has 0 spiro atoms. The summed E-state index contributed by atoms with van der Waals surface area (Å²) >= 11 is 0. The minimum atomic E-state index is -0.189. The van der Waals surface area contributed by atoms with Crippen LogP contribution in [0.1, 0.15) is 69.3 Å². The van der Waals surface area contributed by atoms with Gasteiger partial charge in [0.05, 0.1) is 54.1 Å². The van der Waals surface area contributed by atoms with Gasteiger partial charge in [0.2, 0.25) is 5.95 Å². The molecule has 1 saturated heterocycles. The fourth-order valence-corrected chi connectivity index (χ4v) is 5.78. The normalized spacial score (nSPS) is 19.3. The Bertz CT molecular complexity index is 1320. The maximum absolute atomic E-state index is 13.0. The van der Waals surface area contributed by atoms with E-state index in [2.05, 4.69) is 59.7 Å². The number of rotatable bonds is 5. The van der Waals surface area contributed by atoms with Crippen LogP contribution in [0.3, 0.4) is 0 Å². The maximum atomic E-state index is 13.0. The summed E-state index contributed by atoms with van der Waals surface area (Å²) in [5.41, 5.74) is 6.45. The molecule has 1 aromatic carbocycles. The Balaban J connectivity index is 1.15. The fraction of sp³-hybridized carbons (Fsp3) is 0.517. The highest BCUT2D eigenvalue weighted by molar-refractivity contribution is 5.76. The number of amides is 2. The van der Waals surface area contributed by atoms with Gasteiger partial charge in [0.1, 0.15) is 0 Å². The first-order valence-electron chi connectivity index (χ1n) is 13.8. The Morgan fingerprint density at radius 2 is 1.97 bits per heavy atom. The molecule has 38 heavy (non-hydrogen) atoms. The molecule has 200 valence electrons. The molecule has 6 rings (SSSR count). The highest BCUT2D eigenvalue weighted by Crippen LogP contribution is 2.33. The van der Waals surface area contributed by atoms with Gasteiger partial charge in [0.15, 0.2) is 0 Å². The van der Waals surface area contributed by atoms with Crippen molar-refractivity contribution in [3.63, 3.8) is 0 Å². The number of nitrogens with one attached hydrogen (secondary N) is 2. The molecule has 1 unspecified atom stereocenters. The van der Waals surface area contributed by atoms with Crippen LogP contribution in [0.4, 0.5) is 16.4 Å². The lowest BCUT2D eigenvalue weighted by atomic mass is 9.95. The first-order valence-corrected chi connectivity index (χ1v) is 13.8. The van der Waals surface area contributed by atoms with Crippen molar-refractivity contribution in [2.24, 2.45) is 0 Å². The molecule has 0 saturated carbocycles. The Labute approximate surface area is 224 Å². The Kier molecular flexibility index (Phi) is 6.55. The molecule has 1 fully saturated rings. The van der Waals surface area contributed by atoms with Gasteiger partial charge in [0.25, 0.3) is 0 Å². The molecule has 0 bridgehead atoms. The summed E-state index contributed by atoms with van der Waals surface area (Å²) in [6.45, 7) is 8.42. The topological polar surface area (TPSA) is 97.2 Å². The molecule has 3 aromatic rings. The zero-order valence-corrected chi connectivity index (χ0v) is 22.5. The molecule has 9 heteroatoms. The van der Waals surface area contributed by atoms with E-state index in [9.17, 15) is 4.79 Å². The molecule has 1 aliphatic carbocycles. The number of urea groups is 1. The van der Waals surface area contributed by atoms with E-state index in [4.69, 9.17) is 9.72 Å². The number of hydrogen-bond donors (Lipinski definition) is 2. The van der Waals surface area contributed by atoms with Crippen LogP contribution in [0.25, 0.3) is 11.3 Å². The first-order chi connectivity index (χ1) is 18.3. The van der Waals surface area contributed by atoms with Crippen LogP contribution in [0.15, 0.2) is 36.7 Å². The SMILES string of the molecule is CC(C)(C)OC1CN(C(=O)NC2CCCCc3cc(-c4ccnc(Nc5cnn6c5CCC6)n4)ccc32)C1. The molecule has 3 aliphatic rings. The number of anilines is 2. The number of nitrogens with zero attached hydrogens (tertiary/aromatic N) is 5. The van der Waals surface area contributed by atoms with Gasteiger partial charge in [-0.25, -0.2) is 14.8 Å². The smallest absolute Gasteiger partial charge is 0.318 e. The summed E-state index contributed by atoms with van der Waals surface area (Å²) in [5, 5.41) is 11.1. The second-order valence-corrected chi connectivity index (χ2v) is 11.6. The molecule has 2 aromatic heterocycles. The highest BCUT2D eigenvalue weighted by Gasteiger charge is 2.35. The van der Waals surface area contributed by atoms with Crippen molar-refractivity contribution < 1.29 is 9.53 Å². The predicted molar refractivity (Wildman–Crippen MR) is 146 cm³/mol. The molecule has 1 atom stereocenters. The van der Waals surface area contributed by atoms with Crippen LogP contribution >= 0.6 is 0 Å². The van der Waals surface area contributed by atoms with Gasteiger partial charge in [0, 0.05) is 18.3 Å². The van der Waals surface area contributed by atoms with Gasteiger partial charge < -0.3 is 20.3 Å². The maximum Gasteiger partial charge on any atom is 0.318 e. The fourth-order valence-electron chi connectivity index (χ4n) is 5.78. The number of aryl methyl sites for hydroxylation is 2. The number of hydrogen-bond acceptors (Lipinski definition) is 6. The number of fused-ring (bicyclic) bond motifs is 2. The Morgan fingerprint density at radius 3 is 2.82 bits per heavy atom. The van der Waals surface area contributed by atoms with Crippen molar-refractivity contribution >= 4 is 17.7 Å². The predicted octanol–water partition coefficient (Wildman–Crippen LogP) is 5.01. The van der Waals surface area contributed by atoms with Crippen molar-refractivity contribution in [2.75, 3.05) is 18.4 Å². The number of aromatic nitrogens is 4. The monoisotopic (exact) mass is 515 g/mol. The first kappa shape index (κ1) is 24.9. The molecule has 2 N–H and O–H groups in total. The van der Waals surface area contributed by atoms with Crippen molar-refractivity contribution in [2.45, 2.75) is 83.6 Å². The van der Waals surface area contributed by atoms with Crippen molar-refractivity contribution in [3.05, 3.63) is 53.5 Å². The average molecular weight is 516 g/mol. The van der Waals surface area contributed by atoms with E-state index in [0.29, 0.717) is 19.0 Å². The van der Waals surface area contributed by atoms with Crippen LogP contribution in [0, 0.1) is 0 Å². The number of ether oxygens (including phenoxy) is 1. The van der Waals surface area contributed by atoms with E-state index in [0.717, 1.165) is 62.0 Å². The van der Waals surface area contributed by atoms with Crippen LogP contribution < -0.4 is 10.6 Å². The summed E-state index contributed by atoms with van der Waals surface area (Å²) in [5.74, 6) is 0.577. The number of carbonyl (C=O) groups is 1. The van der Waals surface area contributed by atoms with Crippen LogP contribution in [0.5, 0.6) is 0 Å². The van der Waals surface area contributed by atoms with Gasteiger partial charge >= 0.3 is 6.03 Å². The Morgan fingerprint density at radius 1 is 1.11 bits per heavy atom. The quantitative estimate of drug-likeness (QED) is 0.464. The second-order valence-electron chi connectivity index (χ2n) is 11.6. The highest BCUT2D eigenvalue weighted by atomic mass is 16.5. The zero-order chi connectivity index (χ0) is 26.3. The van der Waals surface area contributed by atoms with E-state index in [-0.39, 0.29) is 23.8 Å². The minimum Gasteiger partial charge on any atom is -0.369 e. The summed E-state index contributed by atoms with van der Waals surface area (Å²) in [6, 6.07) is 8.49. The van der Waals surface area contributed by atoms with Crippen LogP contribution in [0.2, 0.25) is 0 Å². The van der Waals surface area contributed by atoms with E-state index in [1.165, 1.54) is 16.8 Å². The summed E-state index contributed by atoms with van der Waals surface area (Å²) in [6.07, 6.45) is 10.1. The third-order valence-electron chi connectivity index (χ3n) is 7.59. The molecular formula is C29H37N7O2. The van der Waals surface area contributed by atoms with Gasteiger partial charge in [-0.15, -0.1) is 0 Å².